The Hall–Kier alpha value is -0.899. The number of rotatable bonds is 18. The standard InChI is InChI=1S/C40H67IO5Si3/c1-15-35(45-47(11,12)38(2,3)4)37(36(31-32(41)27-28-42)46-48(13,14)39(5,6)7)43-29-22-30-44-49(40(8,9)10,33-23-18-16-19-24-33)34-25-20-17-21-26-34/h15-21,23-27,35-37,42H,1,22,28-31H2,2-14H3/b32-27-/t35-,36-,37+/m1/s1. The highest BCUT2D eigenvalue weighted by Gasteiger charge is 2.50. The summed E-state index contributed by atoms with van der Waals surface area (Å²) in [6.45, 7) is 34.9. The van der Waals surface area contributed by atoms with Gasteiger partial charge in [0.05, 0.1) is 18.8 Å². The zero-order valence-corrected chi connectivity index (χ0v) is 38.0. The third-order valence-electron chi connectivity index (χ3n) is 10.5. The number of hydrogen-bond donors (Lipinski definition) is 1. The van der Waals surface area contributed by atoms with E-state index in [1.165, 1.54) is 10.4 Å². The van der Waals surface area contributed by atoms with Crippen molar-refractivity contribution in [2.45, 2.75) is 135 Å². The zero-order valence-electron chi connectivity index (χ0n) is 32.9. The molecular weight excluding hydrogens is 772 g/mol. The minimum atomic E-state index is -2.66. The van der Waals surface area contributed by atoms with E-state index in [4.69, 9.17) is 18.0 Å². The second-order valence-corrected chi connectivity index (χ2v) is 32.4. The molecular formula is C40H67IO5Si3. The molecule has 0 bridgehead atoms. The normalized spacial score (nSPS) is 15.9. The molecule has 0 aromatic heterocycles. The Morgan fingerprint density at radius 1 is 0.755 bits per heavy atom. The van der Waals surface area contributed by atoms with E-state index in [-0.39, 0.29) is 40.0 Å². The molecule has 0 aliphatic rings. The molecule has 0 spiro atoms. The first-order valence-corrected chi connectivity index (χ1v) is 26.6. The van der Waals surface area contributed by atoms with Gasteiger partial charge in [-0.1, -0.05) is 129 Å². The average molecular weight is 839 g/mol. The van der Waals surface area contributed by atoms with Crippen LogP contribution in [0.4, 0.5) is 0 Å². The molecule has 0 fully saturated rings. The van der Waals surface area contributed by atoms with Gasteiger partial charge in [0.2, 0.25) is 0 Å². The maximum Gasteiger partial charge on any atom is 0.261 e. The molecule has 0 saturated carbocycles. The smallest absolute Gasteiger partial charge is 0.261 e. The molecule has 0 radical (unpaired) electrons. The van der Waals surface area contributed by atoms with Crippen LogP contribution in [0.3, 0.4) is 0 Å². The van der Waals surface area contributed by atoms with Gasteiger partial charge in [-0.2, -0.15) is 0 Å². The molecule has 2 rings (SSSR count). The van der Waals surface area contributed by atoms with Crippen LogP contribution in [-0.2, 0) is 18.0 Å². The van der Waals surface area contributed by atoms with E-state index in [2.05, 4.69) is 178 Å². The lowest BCUT2D eigenvalue weighted by molar-refractivity contribution is -0.0776. The van der Waals surface area contributed by atoms with Gasteiger partial charge >= 0.3 is 0 Å². The number of benzene rings is 2. The summed E-state index contributed by atoms with van der Waals surface area (Å²) in [5.74, 6) is 0. The molecule has 0 aliphatic carbocycles. The fraction of sp³-hybridized carbons (Fsp3) is 0.600. The fourth-order valence-electron chi connectivity index (χ4n) is 5.60. The molecule has 0 aliphatic heterocycles. The maximum absolute atomic E-state index is 9.75. The topological polar surface area (TPSA) is 57.2 Å². The van der Waals surface area contributed by atoms with E-state index in [0.29, 0.717) is 19.6 Å². The molecule has 0 saturated heterocycles. The SMILES string of the molecule is C=C[C@@H](O[Si](C)(C)C(C)(C)C)[C@H](OCCCO[Si](c1ccccc1)(c1ccccc1)C(C)(C)C)[C@@H](C/C(I)=C/CO)O[Si](C)(C)C(C)(C)C. The highest BCUT2D eigenvalue weighted by molar-refractivity contribution is 14.1. The number of hydrogen-bond acceptors (Lipinski definition) is 5. The van der Waals surface area contributed by atoms with Gasteiger partial charge in [0, 0.05) is 19.6 Å². The lowest BCUT2D eigenvalue weighted by atomic mass is 10.0. The molecule has 3 atom stereocenters. The first-order chi connectivity index (χ1) is 22.5. The van der Waals surface area contributed by atoms with Gasteiger partial charge in [0.15, 0.2) is 16.6 Å². The van der Waals surface area contributed by atoms with Crippen molar-refractivity contribution in [2.24, 2.45) is 0 Å². The number of halogens is 1. The van der Waals surface area contributed by atoms with Crippen LogP contribution in [0.5, 0.6) is 0 Å². The molecule has 0 amide bonds. The summed E-state index contributed by atoms with van der Waals surface area (Å²) >= 11 is 2.32. The summed E-state index contributed by atoms with van der Waals surface area (Å²) in [5.41, 5.74) is 0. The third-order valence-corrected chi connectivity index (χ3v) is 25.4. The fourth-order valence-corrected chi connectivity index (χ4v) is 13.4. The summed E-state index contributed by atoms with van der Waals surface area (Å²) in [6.07, 6.45) is 4.10. The molecule has 49 heavy (non-hydrogen) atoms. The van der Waals surface area contributed by atoms with Gasteiger partial charge < -0.3 is 23.1 Å². The number of ether oxygens (including phenoxy) is 1. The van der Waals surface area contributed by atoms with Crippen LogP contribution in [-0.4, -0.2) is 68.2 Å². The second-order valence-electron chi connectivity index (χ2n) is 17.2. The lowest BCUT2D eigenvalue weighted by Crippen LogP contribution is -2.66. The average Bonchev–Trinajstić information content (AvgIpc) is 2.98. The van der Waals surface area contributed by atoms with Gasteiger partial charge in [-0.15, -0.1) is 6.58 Å². The van der Waals surface area contributed by atoms with Crippen molar-refractivity contribution in [3.63, 3.8) is 0 Å². The predicted octanol–water partition coefficient (Wildman–Crippen LogP) is 10.0. The Morgan fingerprint density at radius 3 is 1.63 bits per heavy atom. The first-order valence-electron chi connectivity index (χ1n) is 17.8. The van der Waals surface area contributed by atoms with Crippen molar-refractivity contribution >= 4 is 57.9 Å². The lowest BCUT2D eigenvalue weighted by Gasteiger charge is -2.45. The highest BCUT2D eigenvalue weighted by atomic mass is 127. The van der Waals surface area contributed by atoms with Crippen LogP contribution in [0.2, 0.25) is 41.3 Å². The minimum absolute atomic E-state index is 0.00945. The minimum Gasteiger partial charge on any atom is -0.411 e. The molecule has 276 valence electrons. The first kappa shape index (κ1) is 44.3. The zero-order chi connectivity index (χ0) is 37.3. The Morgan fingerprint density at radius 2 is 1.22 bits per heavy atom. The van der Waals surface area contributed by atoms with Crippen molar-refractivity contribution in [2.75, 3.05) is 19.8 Å². The van der Waals surface area contributed by atoms with E-state index < -0.39 is 25.0 Å². The van der Waals surface area contributed by atoms with Crippen LogP contribution in [0, 0.1) is 0 Å². The Labute approximate surface area is 316 Å². The largest absolute Gasteiger partial charge is 0.411 e. The van der Waals surface area contributed by atoms with Gasteiger partial charge in [0.25, 0.3) is 8.32 Å². The maximum atomic E-state index is 9.75. The molecule has 0 heterocycles. The van der Waals surface area contributed by atoms with Gasteiger partial charge in [-0.25, -0.2) is 0 Å². The van der Waals surface area contributed by atoms with Crippen molar-refractivity contribution in [3.05, 3.63) is 83.0 Å². The van der Waals surface area contributed by atoms with E-state index in [1.807, 2.05) is 12.2 Å². The van der Waals surface area contributed by atoms with Crippen molar-refractivity contribution in [1.82, 2.24) is 0 Å². The van der Waals surface area contributed by atoms with Crippen LogP contribution in [0.15, 0.2) is 83.0 Å². The van der Waals surface area contributed by atoms with Gasteiger partial charge in [-0.3, -0.25) is 0 Å². The van der Waals surface area contributed by atoms with E-state index >= 15 is 0 Å². The van der Waals surface area contributed by atoms with Crippen molar-refractivity contribution in [3.8, 4) is 0 Å². The van der Waals surface area contributed by atoms with E-state index in [9.17, 15) is 5.11 Å². The Kier molecular flexibility index (Phi) is 16.5. The molecule has 9 heteroatoms. The number of aliphatic hydroxyl groups excluding tert-OH is 1. The quantitative estimate of drug-likeness (QED) is 0.0702. The van der Waals surface area contributed by atoms with E-state index in [1.54, 1.807) is 0 Å². The second kappa shape index (κ2) is 18.2. The van der Waals surface area contributed by atoms with Crippen LogP contribution in [0.25, 0.3) is 0 Å². The van der Waals surface area contributed by atoms with Gasteiger partial charge in [0.1, 0.15) is 6.10 Å². The molecule has 2 aromatic carbocycles. The van der Waals surface area contributed by atoms with Crippen molar-refractivity contribution < 1.29 is 23.1 Å². The molecule has 2 aromatic rings. The summed E-state index contributed by atoms with van der Waals surface area (Å²) < 4.78 is 29.4. The van der Waals surface area contributed by atoms with Crippen molar-refractivity contribution in [1.29, 1.82) is 0 Å². The molecule has 0 unspecified atom stereocenters. The highest BCUT2D eigenvalue weighted by Crippen LogP contribution is 2.42. The van der Waals surface area contributed by atoms with Gasteiger partial charge in [-0.05, 0) is 90.3 Å². The summed E-state index contributed by atoms with van der Waals surface area (Å²) in [6, 6.07) is 21.6. The third kappa shape index (κ3) is 11.8. The summed E-state index contributed by atoms with van der Waals surface area (Å²) in [5, 5.41) is 12.2. The summed E-state index contributed by atoms with van der Waals surface area (Å²) in [7, 11) is -7.07. The van der Waals surface area contributed by atoms with Crippen LogP contribution in [0.1, 0.15) is 75.2 Å². The summed E-state index contributed by atoms with van der Waals surface area (Å²) in [4.78, 5) is 0. The van der Waals surface area contributed by atoms with E-state index in [0.717, 1.165) is 10.0 Å². The Balaban J connectivity index is 2.49. The van der Waals surface area contributed by atoms with Crippen LogP contribution >= 0.6 is 22.6 Å². The van der Waals surface area contributed by atoms with Crippen LogP contribution < -0.4 is 10.4 Å². The predicted molar refractivity (Wildman–Crippen MR) is 226 cm³/mol. The Bertz CT molecular complexity index is 1270. The number of aliphatic hydroxyl groups is 1. The molecule has 1 N–H and O–H groups in total. The molecule has 5 nitrogen and oxygen atoms in total. The monoisotopic (exact) mass is 838 g/mol.